The normalized spacial score (nSPS) is 12.6. The molecule has 96 valence electrons. The van der Waals surface area contributed by atoms with E-state index >= 15 is 0 Å². The Morgan fingerprint density at radius 1 is 1.47 bits per heavy atom. The monoisotopic (exact) mass is 242 g/mol. The Morgan fingerprint density at radius 3 is 2.82 bits per heavy atom. The van der Waals surface area contributed by atoms with Crippen LogP contribution in [0.3, 0.4) is 0 Å². The van der Waals surface area contributed by atoms with Crippen LogP contribution >= 0.6 is 0 Å². The molecule has 6 heteroatoms. The van der Waals surface area contributed by atoms with Gasteiger partial charge in [-0.1, -0.05) is 6.92 Å². The second-order valence-corrected chi connectivity index (χ2v) is 3.94. The zero-order valence-corrected chi connectivity index (χ0v) is 10.2. The Balaban J connectivity index is 2.37. The molecule has 1 heterocycles. The Labute approximate surface area is 100.0 Å². The number of hydrogen-bond donors (Lipinski definition) is 1. The Bertz CT molecular complexity index is 351. The van der Waals surface area contributed by atoms with Gasteiger partial charge in [0.15, 0.2) is 0 Å². The largest absolute Gasteiger partial charge is 0.481 e. The van der Waals surface area contributed by atoms with Gasteiger partial charge >= 0.3 is 5.97 Å². The molecule has 0 aromatic carbocycles. The highest BCUT2D eigenvalue weighted by Crippen LogP contribution is 2.11. The first kappa shape index (κ1) is 13.6. The van der Waals surface area contributed by atoms with Gasteiger partial charge in [-0.15, -0.1) is 10.2 Å². The maximum Gasteiger partial charge on any atom is 0.303 e. The highest BCUT2D eigenvalue weighted by Gasteiger charge is 2.13. The summed E-state index contributed by atoms with van der Waals surface area (Å²) in [5, 5.41) is 16.4. The van der Waals surface area contributed by atoms with E-state index in [-0.39, 0.29) is 12.3 Å². The van der Waals surface area contributed by atoms with Gasteiger partial charge in [-0.2, -0.15) is 0 Å². The number of rotatable bonds is 8. The molecule has 0 aliphatic heterocycles. The van der Waals surface area contributed by atoms with Crippen LogP contribution in [0.5, 0.6) is 0 Å². The molecule has 6 nitrogen and oxygen atoms in total. The van der Waals surface area contributed by atoms with E-state index in [0.29, 0.717) is 37.8 Å². The van der Waals surface area contributed by atoms with Gasteiger partial charge in [0.2, 0.25) is 11.8 Å². The van der Waals surface area contributed by atoms with Crippen molar-refractivity contribution in [3.05, 3.63) is 11.8 Å². The molecule has 0 spiro atoms. The van der Waals surface area contributed by atoms with Crippen LogP contribution in [0, 0.1) is 5.92 Å². The first-order chi connectivity index (χ1) is 8.11. The number of aliphatic carboxylic acids is 1. The van der Waals surface area contributed by atoms with Gasteiger partial charge in [-0.05, 0) is 12.8 Å². The molecule has 0 aliphatic rings. The molecule has 0 saturated carbocycles. The molecular formula is C11H18N2O4. The standard InChI is InChI=1S/C11H18N2O4/c1-3-16-5-4-9-12-13-10(17-9)6-8(2)7-11(14)15/h8H,3-7H2,1-2H3,(H,14,15). The van der Waals surface area contributed by atoms with Crippen molar-refractivity contribution in [1.29, 1.82) is 0 Å². The van der Waals surface area contributed by atoms with Crippen LogP contribution in [0.1, 0.15) is 32.0 Å². The quantitative estimate of drug-likeness (QED) is 0.691. The van der Waals surface area contributed by atoms with Crippen molar-refractivity contribution in [2.75, 3.05) is 13.2 Å². The molecule has 1 unspecified atom stereocenters. The highest BCUT2D eigenvalue weighted by atomic mass is 16.5. The van der Waals surface area contributed by atoms with Crippen molar-refractivity contribution in [3.8, 4) is 0 Å². The van der Waals surface area contributed by atoms with Gasteiger partial charge in [-0.25, -0.2) is 0 Å². The molecule has 0 fully saturated rings. The van der Waals surface area contributed by atoms with Crippen LogP contribution < -0.4 is 0 Å². The van der Waals surface area contributed by atoms with Crippen LogP contribution in [-0.4, -0.2) is 34.5 Å². The first-order valence-electron chi connectivity index (χ1n) is 5.72. The predicted octanol–water partition coefficient (Wildman–Crippen LogP) is 1.30. The van der Waals surface area contributed by atoms with E-state index in [0.717, 1.165) is 0 Å². The Morgan fingerprint density at radius 2 is 2.18 bits per heavy atom. The molecule has 1 N–H and O–H groups in total. The third-order valence-corrected chi connectivity index (χ3v) is 2.22. The van der Waals surface area contributed by atoms with Crippen molar-refractivity contribution in [3.63, 3.8) is 0 Å². The minimum atomic E-state index is -0.811. The maximum atomic E-state index is 10.5. The minimum absolute atomic E-state index is 0.00677. The van der Waals surface area contributed by atoms with Gasteiger partial charge in [0, 0.05) is 25.9 Å². The van der Waals surface area contributed by atoms with Crippen LogP contribution in [0.4, 0.5) is 0 Å². The third kappa shape index (κ3) is 5.44. The summed E-state index contributed by atoms with van der Waals surface area (Å²) in [6.07, 6.45) is 1.19. The molecule has 1 atom stereocenters. The van der Waals surface area contributed by atoms with Crippen molar-refractivity contribution < 1.29 is 19.1 Å². The molecule has 1 aromatic rings. The van der Waals surface area contributed by atoms with E-state index in [9.17, 15) is 4.79 Å². The topological polar surface area (TPSA) is 85.5 Å². The van der Waals surface area contributed by atoms with E-state index in [4.69, 9.17) is 14.3 Å². The van der Waals surface area contributed by atoms with E-state index in [1.165, 1.54) is 0 Å². The number of carboxylic acids is 1. The summed E-state index contributed by atoms with van der Waals surface area (Å²) in [6.45, 7) is 4.99. The molecule has 0 saturated heterocycles. The number of carboxylic acid groups (broad SMARTS) is 1. The summed E-state index contributed by atoms with van der Waals surface area (Å²) in [6, 6.07) is 0. The SMILES string of the molecule is CCOCCc1nnc(CC(C)CC(=O)O)o1. The van der Waals surface area contributed by atoms with E-state index in [2.05, 4.69) is 10.2 Å². The summed E-state index contributed by atoms with van der Waals surface area (Å²) in [4.78, 5) is 10.5. The summed E-state index contributed by atoms with van der Waals surface area (Å²) in [7, 11) is 0. The number of aromatic nitrogens is 2. The summed E-state index contributed by atoms with van der Waals surface area (Å²) < 4.78 is 10.6. The summed E-state index contributed by atoms with van der Waals surface area (Å²) in [5.74, 6) is 0.211. The highest BCUT2D eigenvalue weighted by molar-refractivity contribution is 5.66. The number of ether oxygens (including phenoxy) is 1. The minimum Gasteiger partial charge on any atom is -0.481 e. The van der Waals surface area contributed by atoms with Gasteiger partial charge in [0.1, 0.15) is 0 Å². The van der Waals surface area contributed by atoms with Crippen molar-refractivity contribution >= 4 is 5.97 Å². The van der Waals surface area contributed by atoms with E-state index in [1.807, 2.05) is 13.8 Å². The van der Waals surface area contributed by atoms with Crippen molar-refractivity contribution in [2.24, 2.45) is 5.92 Å². The second-order valence-electron chi connectivity index (χ2n) is 3.94. The van der Waals surface area contributed by atoms with Gasteiger partial charge in [0.25, 0.3) is 0 Å². The van der Waals surface area contributed by atoms with E-state index < -0.39 is 5.97 Å². The Hall–Kier alpha value is -1.43. The van der Waals surface area contributed by atoms with E-state index in [1.54, 1.807) is 0 Å². The third-order valence-electron chi connectivity index (χ3n) is 2.22. The molecular weight excluding hydrogens is 224 g/mol. The molecule has 17 heavy (non-hydrogen) atoms. The lowest BCUT2D eigenvalue weighted by Gasteiger charge is -2.03. The molecule has 0 radical (unpaired) electrons. The molecule has 1 rings (SSSR count). The number of hydrogen-bond acceptors (Lipinski definition) is 5. The van der Waals surface area contributed by atoms with Crippen molar-refractivity contribution in [2.45, 2.75) is 33.1 Å². The van der Waals surface area contributed by atoms with Crippen LogP contribution in [0.25, 0.3) is 0 Å². The fraction of sp³-hybridized carbons (Fsp3) is 0.727. The smallest absolute Gasteiger partial charge is 0.303 e. The van der Waals surface area contributed by atoms with Gasteiger partial charge in [0.05, 0.1) is 6.61 Å². The van der Waals surface area contributed by atoms with Crippen LogP contribution in [0.2, 0.25) is 0 Å². The zero-order chi connectivity index (χ0) is 12.7. The number of nitrogens with zero attached hydrogens (tertiary/aromatic N) is 2. The van der Waals surface area contributed by atoms with Gasteiger partial charge in [-0.3, -0.25) is 4.79 Å². The zero-order valence-electron chi connectivity index (χ0n) is 10.2. The number of carbonyl (C=O) groups is 1. The maximum absolute atomic E-state index is 10.5. The lowest BCUT2D eigenvalue weighted by Crippen LogP contribution is -2.07. The van der Waals surface area contributed by atoms with Crippen molar-refractivity contribution in [1.82, 2.24) is 10.2 Å². The van der Waals surface area contributed by atoms with Crippen LogP contribution in [-0.2, 0) is 22.4 Å². The lowest BCUT2D eigenvalue weighted by atomic mass is 10.0. The fourth-order valence-electron chi connectivity index (χ4n) is 1.44. The fourth-order valence-corrected chi connectivity index (χ4v) is 1.44. The first-order valence-corrected chi connectivity index (χ1v) is 5.72. The predicted molar refractivity (Wildman–Crippen MR) is 59.6 cm³/mol. The lowest BCUT2D eigenvalue weighted by molar-refractivity contribution is -0.137. The van der Waals surface area contributed by atoms with Gasteiger partial charge < -0.3 is 14.3 Å². The van der Waals surface area contributed by atoms with Crippen LogP contribution in [0.15, 0.2) is 4.42 Å². The average molecular weight is 242 g/mol. The second kappa shape index (κ2) is 7.01. The summed E-state index contributed by atoms with van der Waals surface area (Å²) >= 11 is 0. The average Bonchev–Trinajstić information content (AvgIpc) is 2.64. The molecule has 1 aromatic heterocycles. The molecule has 0 bridgehead atoms. The molecule has 0 aliphatic carbocycles. The Kier molecular flexibility index (Phi) is 5.62. The summed E-state index contributed by atoms with van der Waals surface area (Å²) in [5.41, 5.74) is 0. The molecule has 0 amide bonds.